The van der Waals surface area contributed by atoms with E-state index in [2.05, 4.69) is 39.5 Å². The highest BCUT2D eigenvalue weighted by Crippen LogP contribution is 2.26. The van der Waals surface area contributed by atoms with Crippen LogP contribution >= 0.6 is 0 Å². The van der Waals surface area contributed by atoms with Crippen molar-refractivity contribution in [3.05, 3.63) is 65.5 Å². The second-order valence-corrected chi connectivity index (χ2v) is 7.52. The van der Waals surface area contributed by atoms with Gasteiger partial charge < -0.3 is 10.2 Å². The van der Waals surface area contributed by atoms with Crippen LogP contribution in [0.15, 0.2) is 48.8 Å². The maximum atomic E-state index is 13.1. The van der Waals surface area contributed by atoms with Gasteiger partial charge in [0.05, 0.1) is 0 Å². The smallest absolute Gasteiger partial charge is 0.254 e. The van der Waals surface area contributed by atoms with Crippen molar-refractivity contribution in [2.45, 2.75) is 18.8 Å². The Hall–Kier alpha value is -2.24. The molecule has 142 valence electrons. The average molecular weight is 364 g/mol. The highest BCUT2D eigenvalue weighted by atomic mass is 16.2. The van der Waals surface area contributed by atoms with Gasteiger partial charge in [0.25, 0.3) is 5.91 Å². The first kappa shape index (κ1) is 18.1. The van der Waals surface area contributed by atoms with Crippen molar-refractivity contribution in [3.8, 4) is 0 Å². The van der Waals surface area contributed by atoms with Gasteiger partial charge in [-0.15, -0.1) is 0 Å². The normalized spacial score (nSPS) is 20.7. The molecule has 1 aromatic heterocycles. The fraction of sp³-hybridized carbons (Fsp3) is 0.455. The predicted octanol–water partition coefficient (Wildman–Crippen LogP) is 2.16. The van der Waals surface area contributed by atoms with E-state index < -0.39 is 0 Å². The summed E-state index contributed by atoms with van der Waals surface area (Å²) in [7, 11) is 0. The van der Waals surface area contributed by atoms with Gasteiger partial charge in [-0.1, -0.05) is 18.2 Å². The zero-order chi connectivity index (χ0) is 18.5. The molecule has 2 saturated heterocycles. The first-order valence-corrected chi connectivity index (χ1v) is 10.0. The summed E-state index contributed by atoms with van der Waals surface area (Å²) < 4.78 is 0. The molecule has 2 aromatic rings. The van der Waals surface area contributed by atoms with Crippen LogP contribution in [0.3, 0.4) is 0 Å². The molecule has 5 nitrogen and oxygen atoms in total. The quantitative estimate of drug-likeness (QED) is 0.883. The number of carbonyl (C=O) groups is 1. The topological polar surface area (TPSA) is 48.5 Å². The molecular formula is C22H28N4O. The van der Waals surface area contributed by atoms with Crippen molar-refractivity contribution in [1.82, 2.24) is 20.1 Å². The zero-order valence-corrected chi connectivity index (χ0v) is 15.8. The number of carbonyl (C=O) groups excluding carboxylic acids is 1. The van der Waals surface area contributed by atoms with Gasteiger partial charge in [-0.2, -0.15) is 0 Å². The molecule has 4 rings (SSSR count). The van der Waals surface area contributed by atoms with Gasteiger partial charge >= 0.3 is 0 Å². The van der Waals surface area contributed by atoms with Crippen LogP contribution in [0.1, 0.15) is 33.8 Å². The summed E-state index contributed by atoms with van der Waals surface area (Å²) in [5.74, 6) is 0.665. The first-order chi connectivity index (χ1) is 13.3. The molecule has 1 amide bonds. The van der Waals surface area contributed by atoms with E-state index in [1.54, 1.807) is 0 Å². The SMILES string of the molecule is O=C(c1ccccc1[C@H]1CCNC1)N1CCN(CCc2ccncc2)CC1. The summed E-state index contributed by atoms with van der Waals surface area (Å²) >= 11 is 0. The van der Waals surface area contributed by atoms with Crippen molar-refractivity contribution < 1.29 is 4.79 Å². The summed E-state index contributed by atoms with van der Waals surface area (Å²) in [6.45, 7) is 6.58. The number of nitrogens with one attached hydrogen (secondary N) is 1. The van der Waals surface area contributed by atoms with Gasteiger partial charge in [-0.05, 0) is 54.6 Å². The van der Waals surface area contributed by atoms with Crippen molar-refractivity contribution >= 4 is 5.91 Å². The Morgan fingerprint density at radius 3 is 2.59 bits per heavy atom. The van der Waals surface area contributed by atoms with Crippen LogP contribution in [0.2, 0.25) is 0 Å². The molecule has 0 spiro atoms. The fourth-order valence-electron chi connectivity index (χ4n) is 4.15. The maximum Gasteiger partial charge on any atom is 0.254 e. The summed E-state index contributed by atoms with van der Waals surface area (Å²) in [6.07, 6.45) is 5.85. The van der Waals surface area contributed by atoms with E-state index in [9.17, 15) is 4.79 Å². The number of hydrogen-bond acceptors (Lipinski definition) is 4. The lowest BCUT2D eigenvalue weighted by atomic mass is 9.93. The second kappa shape index (κ2) is 8.63. The second-order valence-electron chi connectivity index (χ2n) is 7.52. The van der Waals surface area contributed by atoms with E-state index in [0.29, 0.717) is 5.92 Å². The van der Waals surface area contributed by atoms with E-state index in [1.165, 1.54) is 11.1 Å². The lowest BCUT2D eigenvalue weighted by Crippen LogP contribution is -2.49. The Labute approximate surface area is 161 Å². The molecule has 27 heavy (non-hydrogen) atoms. The number of pyridine rings is 1. The number of hydrogen-bond donors (Lipinski definition) is 1. The standard InChI is InChI=1S/C22H28N4O/c27-22(21-4-2-1-3-20(21)19-7-11-24-17-19)26-15-13-25(14-16-26)12-8-18-5-9-23-10-6-18/h1-6,9-10,19,24H,7-8,11-17H2/t19-/m0/s1. The monoisotopic (exact) mass is 364 g/mol. The van der Waals surface area contributed by atoms with Crippen molar-refractivity contribution in [1.29, 1.82) is 0 Å². The summed E-state index contributed by atoms with van der Waals surface area (Å²) in [5, 5.41) is 3.41. The van der Waals surface area contributed by atoms with Crippen LogP contribution in [-0.2, 0) is 6.42 Å². The molecule has 0 radical (unpaired) electrons. The highest BCUT2D eigenvalue weighted by molar-refractivity contribution is 5.96. The molecule has 0 saturated carbocycles. The first-order valence-electron chi connectivity index (χ1n) is 10.0. The van der Waals surface area contributed by atoms with Crippen LogP contribution in [0.4, 0.5) is 0 Å². The van der Waals surface area contributed by atoms with E-state index in [-0.39, 0.29) is 5.91 Å². The number of benzene rings is 1. The predicted molar refractivity (Wildman–Crippen MR) is 107 cm³/mol. The summed E-state index contributed by atoms with van der Waals surface area (Å²) in [5.41, 5.74) is 3.44. The molecule has 5 heteroatoms. The van der Waals surface area contributed by atoms with E-state index in [0.717, 1.165) is 64.2 Å². The van der Waals surface area contributed by atoms with Gasteiger partial charge in [-0.25, -0.2) is 0 Å². The van der Waals surface area contributed by atoms with E-state index in [4.69, 9.17) is 0 Å². The van der Waals surface area contributed by atoms with Gasteiger partial charge in [0, 0.05) is 57.2 Å². The van der Waals surface area contributed by atoms with Crippen LogP contribution in [0, 0.1) is 0 Å². The van der Waals surface area contributed by atoms with Gasteiger partial charge in [0.15, 0.2) is 0 Å². The molecule has 0 bridgehead atoms. The molecule has 1 N–H and O–H groups in total. The number of nitrogens with zero attached hydrogens (tertiary/aromatic N) is 3. The lowest BCUT2D eigenvalue weighted by molar-refractivity contribution is 0.0637. The molecule has 2 aliphatic heterocycles. The average Bonchev–Trinajstić information content (AvgIpc) is 3.28. The van der Waals surface area contributed by atoms with E-state index >= 15 is 0 Å². The zero-order valence-electron chi connectivity index (χ0n) is 15.8. The van der Waals surface area contributed by atoms with Gasteiger partial charge in [0.1, 0.15) is 0 Å². The highest BCUT2D eigenvalue weighted by Gasteiger charge is 2.26. The Morgan fingerprint density at radius 1 is 1.07 bits per heavy atom. The largest absolute Gasteiger partial charge is 0.336 e. The Bertz CT molecular complexity index is 750. The molecule has 2 aliphatic rings. The number of aromatic nitrogens is 1. The minimum absolute atomic E-state index is 0.200. The minimum atomic E-state index is 0.200. The lowest BCUT2D eigenvalue weighted by Gasteiger charge is -2.35. The summed E-state index contributed by atoms with van der Waals surface area (Å²) in [6, 6.07) is 12.3. The number of amides is 1. The number of rotatable bonds is 5. The molecule has 1 aromatic carbocycles. The Morgan fingerprint density at radius 2 is 1.85 bits per heavy atom. The molecule has 0 unspecified atom stereocenters. The molecule has 0 aliphatic carbocycles. The van der Waals surface area contributed by atoms with Crippen LogP contribution in [0.5, 0.6) is 0 Å². The van der Waals surface area contributed by atoms with E-state index in [1.807, 2.05) is 29.4 Å². The third-order valence-electron chi connectivity index (χ3n) is 5.82. The van der Waals surface area contributed by atoms with Gasteiger partial charge in [-0.3, -0.25) is 14.7 Å². The van der Waals surface area contributed by atoms with Crippen LogP contribution in [-0.4, -0.2) is 66.5 Å². The fourth-order valence-corrected chi connectivity index (χ4v) is 4.15. The van der Waals surface area contributed by atoms with Crippen LogP contribution < -0.4 is 5.32 Å². The van der Waals surface area contributed by atoms with Crippen molar-refractivity contribution in [2.24, 2.45) is 0 Å². The van der Waals surface area contributed by atoms with Crippen LogP contribution in [0.25, 0.3) is 0 Å². The maximum absolute atomic E-state index is 13.1. The summed E-state index contributed by atoms with van der Waals surface area (Å²) in [4.78, 5) is 21.7. The molecule has 2 fully saturated rings. The van der Waals surface area contributed by atoms with Crippen molar-refractivity contribution in [2.75, 3.05) is 45.8 Å². The number of piperazine rings is 1. The Balaban J connectivity index is 1.34. The van der Waals surface area contributed by atoms with Crippen molar-refractivity contribution in [3.63, 3.8) is 0 Å². The third-order valence-corrected chi connectivity index (χ3v) is 5.82. The third kappa shape index (κ3) is 4.37. The Kier molecular flexibility index (Phi) is 5.80. The van der Waals surface area contributed by atoms with Gasteiger partial charge in [0.2, 0.25) is 0 Å². The molecular weight excluding hydrogens is 336 g/mol. The molecule has 1 atom stereocenters. The minimum Gasteiger partial charge on any atom is -0.336 e. The molecule has 3 heterocycles.